The highest BCUT2D eigenvalue weighted by atomic mass is 17.1. The van der Waals surface area contributed by atoms with Crippen LogP contribution in [-0.4, -0.2) is 88.0 Å². The Morgan fingerprint density at radius 2 is 1.73 bits per heavy atom. The lowest BCUT2D eigenvalue weighted by Crippen LogP contribution is -2.63. The van der Waals surface area contributed by atoms with Crippen LogP contribution >= 0.6 is 0 Å². The first kappa shape index (κ1) is 21.9. The van der Waals surface area contributed by atoms with E-state index in [9.17, 15) is 15.3 Å². The van der Waals surface area contributed by atoms with Crippen molar-refractivity contribution in [2.45, 2.75) is 95.0 Å². The van der Waals surface area contributed by atoms with Crippen molar-refractivity contribution in [2.24, 2.45) is 5.73 Å². The molecule has 10 heteroatoms. The van der Waals surface area contributed by atoms with Gasteiger partial charge in [-0.1, -0.05) is 0 Å². The maximum atomic E-state index is 10.3. The molecule has 9 atom stereocenters. The third-order valence-corrected chi connectivity index (χ3v) is 4.42. The summed E-state index contributed by atoms with van der Waals surface area (Å²) in [6.07, 6.45) is -7.33. The lowest BCUT2D eigenvalue weighted by atomic mass is 9.97. The highest BCUT2D eigenvalue weighted by molar-refractivity contribution is 4.92. The molecule has 2 saturated heterocycles. The topological polar surface area (TPSA) is 153 Å². The maximum Gasteiger partial charge on any atom is 0.184 e. The van der Waals surface area contributed by atoms with Crippen LogP contribution in [0.5, 0.6) is 0 Å². The Hall–Kier alpha value is -0.400. The molecule has 2 fully saturated rings. The molecule has 0 bridgehead atoms. The van der Waals surface area contributed by atoms with Gasteiger partial charge in [-0.05, 0) is 27.7 Å². The van der Waals surface area contributed by atoms with Crippen LogP contribution in [-0.2, 0) is 23.8 Å². The second-order valence-corrected chi connectivity index (χ2v) is 7.81. The standard InChI is InChI=1S/C16H31NO9/c1-7-12(19)13(20)11(17)15(23-7)24-9-5-8(18)14(26-16(2,3)4)25-10(9)6-22-21/h7-15,18-21H,5-6,17H2,1-4H3/t7?,8?,9-,10?,11?,12+,13+,14-,15+/m0/s1. The van der Waals surface area contributed by atoms with Crippen LogP contribution in [0.25, 0.3) is 0 Å². The predicted octanol–water partition coefficient (Wildman–Crippen LogP) is -1.05. The van der Waals surface area contributed by atoms with E-state index < -0.39 is 60.8 Å². The fraction of sp³-hybridized carbons (Fsp3) is 1.00. The zero-order chi connectivity index (χ0) is 19.6. The minimum atomic E-state index is -1.22. The summed E-state index contributed by atoms with van der Waals surface area (Å²) in [5.74, 6) is 0. The number of ether oxygens (including phenoxy) is 4. The van der Waals surface area contributed by atoms with E-state index in [0.717, 1.165) is 0 Å². The van der Waals surface area contributed by atoms with Crippen LogP contribution in [0.1, 0.15) is 34.1 Å². The first-order valence-electron chi connectivity index (χ1n) is 8.74. The molecule has 2 aliphatic heterocycles. The van der Waals surface area contributed by atoms with Crippen LogP contribution in [0, 0.1) is 0 Å². The van der Waals surface area contributed by atoms with E-state index in [1.807, 2.05) is 20.8 Å². The normalized spacial score (nSPS) is 44.9. The summed E-state index contributed by atoms with van der Waals surface area (Å²) in [5, 5.41) is 39.0. The fourth-order valence-corrected chi connectivity index (χ4v) is 3.01. The van der Waals surface area contributed by atoms with Gasteiger partial charge in [0.15, 0.2) is 12.6 Å². The molecule has 0 radical (unpaired) electrons. The van der Waals surface area contributed by atoms with Gasteiger partial charge in [0.05, 0.1) is 23.9 Å². The van der Waals surface area contributed by atoms with Gasteiger partial charge in [0.2, 0.25) is 0 Å². The van der Waals surface area contributed by atoms with Crippen molar-refractivity contribution < 1.29 is 44.4 Å². The lowest BCUT2D eigenvalue weighted by molar-refractivity contribution is -0.349. The summed E-state index contributed by atoms with van der Waals surface area (Å²) in [4.78, 5) is 4.20. The molecule has 6 N–H and O–H groups in total. The van der Waals surface area contributed by atoms with E-state index in [0.29, 0.717) is 0 Å². The zero-order valence-corrected chi connectivity index (χ0v) is 15.5. The zero-order valence-electron chi connectivity index (χ0n) is 15.5. The van der Waals surface area contributed by atoms with E-state index in [-0.39, 0.29) is 13.0 Å². The summed E-state index contributed by atoms with van der Waals surface area (Å²) < 4.78 is 22.7. The molecule has 4 unspecified atom stereocenters. The van der Waals surface area contributed by atoms with Crippen LogP contribution in [0.3, 0.4) is 0 Å². The number of aliphatic hydroxyl groups is 3. The van der Waals surface area contributed by atoms with Gasteiger partial charge in [-0.3, -0.25) is 5.26 Å². The van der Waals surface area contributed by atoms with E-state index >= 15 is 0 Å². The molecule has 0 spiro atoms. The average Bonchev–Trinajstić information content (AvgIpc) is 2.53. The van der Waals surface area contributed by atoms with Crippen LogP contribution in [0.4, 0.5) is 0 Å². The molecule has 0 aromatic heterocycles. The first-order chi connectivity index (χ1) is 12.0. The quantitative estimate of drug-likeness (QED) is 0.294. The van der Waals surface area contributed by atoms with Crippen molar-refractivity contribution >= 4 is 0 Å². The number of aliphatic hydroxyl groups excluding tert-OH is 3. The maximum absolute atomic E-state index is 10.3. The molecular formula is C16H31NO9. The molecule has 2 aliphatic rings. The predicted molar refractivity (Wildman–Crippen MR) is 87.9 cm³/mol. The molecule has 26 heavy (non-hydrogen) atoms. The molecule has 0 aliphatic carbocycles. The monoisotopic (exact) mass is 381 g/mol. The van der Waals surface area contributed by atoms with Crippen molar-refractivity contribution in [3.05, 3.63) is 0 Å². The molecule has 154 valence electrons. The van der Waals surface area contributed by atoms with Gasteiger partial charge < -0.3 is 40.0 Å². The summed E-state index contributed by atoms with van der Waals surface area (Å²) in [7, 11) is 0. The molecule has 0 aromatic rings. The molecule has 0 saturated carbocycles. The highest BCUT2D eigenvalue weighted by Gasteiger charge is 2.46. The second kappa shape index (κ2) is 8.74. The van der Waals surface area contributed by atoms with Gasteiger partial charge in [0.1, 0.15) is 31.0 Å². The molecule has 10 nitrogen and oxygen atoms in total. The van der Waals surface area contributed by atoms with Crippen molar-refractivity contribution in [2.75, 3.05) is 6.61 Å². The smallest absolute Gasteiger partial charge is 0.184 e. The Balaban J connectivity index is 2.05. The number of hydrogen-bond acceptors (Lipinski definition) is 10. The Kier molecular flexibility index (Phi) is 7.36. The Bertz CT molecular complexity index is 446. The number of rotatable bonds is 5. The van der Waals surface area contributed by atoms with Crippen molar-refractivity contribution in [1.29, 1.82) is 0 Å². The summed E-state index contributed by atoms with van der Waals surface area (Å²) in [6, 6.07) is -0.988. The Morgan fingerprint density at radius 1 is 1.08 bits per heavy atom. The first-order valence-corrected chi connectivity index (χ1v) is 8.74. The minimum Gasteiger partial charge on any atom is -0.388 e. The van der Waals surface area contributed by atoms with Gasteiger partial charge in [-0.2, -0.15) is 0 Å². The van der Waals surface area contributed by atoms with E-state index in [4.69, 9.17) is 29.9 Å². The molecule has 2 heterocycles. The number of hydrogen-bond donors (Lipinski definition) is 5. The Labute approximate surface area is 152 Å². The second-order valence-electron chi connectivity index (χ2n) is 7.81. The van der Waals surface area contributed by atoms with Crippen LogP contribution in [0.15, 0.2) is 0 Å². The molecular weight excluding hydrogens is 350 g/mol. The third kappa shape index (κ3) is 5.32. The molecule has 0 aromatic carbocycles. The summed E-state index contributed by atoms with van der Waals surface area (Å²) in [6.45, 7) is 6.85. The SMILES string of the molecule is CC1O[C@H](O[C@H]2CC(O)[C@H](OC(C)(C)C)OC2COO)C(N)[C@@H](O)[C@@H]1O. The average molecular weight is 381 g/mol. The van der Waals surface area contributed by atoms with Gasteiger partial charge in [0, 0.05) is 6.42 Å². The van der Waals surface area contributed by atoms with Crippen molar-refractivity contribution in [3.8, 4) is 0 Å². The minimum absolute atomic E-state index is 0.119. The van der Waals surface area contributed by atoms with Crippen LogP contribution in [0.2, 0.25) is 0 Å². The fourth-order valence-electron chi connectivity index (χ4n) is 3.01. The molecule has 0 amide bonds. The van der Waals surface area contributed by atoms with Gasteiger partial charge in [-0.15, -0.1) is 0 Å². The van der Waals surface area contributed by atoms with E-state index in [1.165, 1.54) is 0 Å². The van der Waals surface area contributed by atoms with E-state index in [1.54, 1.807) is 6.92 Å². The van der Waals surface area contributed by atoms with Gasteiger partial charge in [-0.25, -0.2) is 4.89 Å². The van der Waals surface area contributed by atoms with Gasteiger partial charge >= 0.3 is 0 Å². The number of nitrogens with two attached hydrogens (primary N) is 1. The lowest BCUT2D eigenvalue weighted by Gasteiger charge is -2.45. The summed E-state index contributed by atoms with van der Waals surface area (Å²) in [5.41, 5.74) is 5.34. The highest BCUT2D eigenvalue weighted by Crippen LogP contribution is 2.30. The third-order valence-electron chi connectivity index (χ3n) is 4.42. The molecule has 2 rings (SSSR count). The largest absolute Gasteiger partial charge is 0.388 e. The van der Waals surface area contributed by atoms with Crippen molar-refractivity contribution in [1.82, 2.24) is 0 Å². The summed E-state index contributed by atoms with van der Waals surface area (Å²) >= 11 is 0. The van der Waals surface area contributed by atoms with Crippen LogP contribution < -0.4 is 5.73 Å². The van der Waals surface area contributed by atoms with Gasteiger partial charge in [0.25, 0.3) is 0 Å². The Morgan fingerprint density at radius 3 is 2.31 bits per heavy atom. The van der Waals surface area contributed by atoms with Crippen molar-refractivity contribution in [3.63, 3.8) is 0 Å². The van der Waals surface area contributed by atoms with E-state index in [2.05, 4.69) is 4.89 Å².